The summed E-state index contributed by atoms with van der Waals surface area (Å²) >= 11 is 1.33. The summed E-state index contributed by atoms with van der Waals surface area (Å²) in [5.41, 5.74) is -0.889. The lowest BCUT2D eigenvalue weighted by Gasteiger charge is -2.11. The number of thioether (sulfide) groups is 1. The minimum absolute atomic E-state index is 0.0515. The Morgan fingerprint density at radius 3 is 2.53 bits per heavy atom. The van der Waals surface area contributed by atoms with Crippen LogP contribution in [0.4, 0.5) is 19.1 Å². The van der Waals surface area contributed by atoms with Crippen LogP contribution in [0.25, 0.3) is 0 Å². The highest BCUT2D eigenvalue weighted by Gasteiger charge is 2.33. The normalized spacial score (nSPS) is 11.6. The van der Waals surface area contributed by atoms with Crippen LogP contribution < -0.4 is 5.32 Å². The van der Waals surface area contributed by atoms with Gasteiger partial charge in [-0.2, -0.15) is 13.2 Å². The zero-order valence-electron chi connectivity index (χ0n) is 11.0. The maximum Gasteiger partial charge on any atom is 0.433 e. The molecule has 1 aromatic rings. The van der Waals surface area contributed by atoms with Crippen molar-refractivity contribution in [1.29, 1.82) is 0 Å². The number of hydrogen-bond donors (Lipinski definition) is 1. The standard InChI is InChI=1S/C12H18F3N3S/c1-3-5-7-19-10-8-9(12(13,14)15)17-11(18-10)16-6-4-2/h8H,3-7H2,1-2H3,(H,16,17,18). The summed E-state index contributed by atoms with van der Waals surface area (Å²) in [5, 5.41) is 3.17. The fraction of sp³-hybridized carbons (Fsp3) is 0.667. The van der Waals surface area contributed by atoms with E-state index < -0.39 is 11.9 Å². The Morgan fingerprint density at radius 2 is 1.95 bits per heavy atom. The van der Waals surface area contributed by atoms with Gasteiger partial charge in [-0.3, -0.25) is 0 Å². The molecule has 0 bridgehead atoms. The number of rotatable bonds is 7. The molecule has 0 aliphatic rings. The number of unbranched alkanes of at least 4 members (excludes halogenated alkanes) is 1. The lowest BCUT2D eigenvalue weighted by molar-refractivity contribution is -0.141. The summed E-state index contributed by atoms with van der Waals surface area (Å²) in [6.07, 6.45) is -1.68. The number of anilines is 1. The van der Waals surface area contributed by atoms with Crippen molar-refractivity contribution in [3.63, 3.8) is 0 Å². The third-order valence-corrected chi connectivity index (χ3v) is 3.27. The first-order chi connectivity index (χ1) is 8.97. The summed E-state index contributed by atoms with van der Waals surface area (Å²) in [6.45, 7) is 4.52. The first-order valence-corrected chi connectivity index (χ1v) is 7.28. The van der Waals surface area contributed by atoms with Crippen LogP contribution in [0.1, 0.15) is 38.8 Å². The van der Waals surface area contributed by atoms with E-state index in [1.165, 1.54) is 11.8 Å². The molecule has 0 aromatic carbocycles. The highest BCUT2D eigenvalue weighted by atomic mass is 32.2. The summed E-state index contributed by atoms with van der Waals surface area (Å²) in [5.74, 6) is 0.813. The Balaban J connectivity index is 2.89. The number of halogens is 3. The second-order valence-corrected chi connectivity index (χ2v) is 5.16. The number of alkyl halides is 3. The molecule has 108 valence electrons. The van der Waals surface area contributed by atoms with Crippen LogP contribution in [0.3, 0.4) is 0 Å². The lowest BCUT2D eigenvalue weighted by atomic mass is 10.4. The smallest absolute Gasteiger partial charge is 0.354 e. The van der Waals surface area contributed by atoms with E-state index in [1.54, 1.807) is 0 Å². The molecule has 1 heterocycles. The van der Waals surface area contributed by atoms with Crippen molar-refractivity contribution in [2.75, 3.05) is 17.6 Å². The van der Waals surface area contributed by atoms with Crippen LogP contribution in [0.15, 0.2) is 11.1 Å². The van der Waals surface area contributed by atoms with Crippen LogP contribution in [0.5, 0.6) is 0 Å². The van der Waals surface area contributed by atoms with E-state index >= 15 is 0 Å². The van der Waals surface area contributed by atoms with Gasteiger partial charge in [0.25, 0.3) is 0 Å². The van der Waals surface area contributed by atoms with Gasteiger partial charge in [0.15, 0.2) is 5.69 Å². The Kier molecular flexibility index (Phi) is 6.41. The molecule has 0 saturated carbocycles. The number of nitrogens with zero attached hydrogens (tertiary/aromatic N) is 2. The Labute approximate surface area is 115 Å². The van der Waals surface area contributed by atoms with Crippen LogP contribution in [-0.4, -0.2) is 22.3 Å². The van der Waals surface area contributed by atoms with E-state index in [1.807, 2.05) is 13.8 Å². The van der Waals surface area contributed by atoms with Gasteiger partial charge in [-0.25, -0.2) is 9.97 Å². The summed E-state index contributed by atoms with van der Waals surface area (Å²) in [4.78, 5) is 7.61. The maximum atomic E-state index is 12.7. The topological polar surface area (TPSA) is 37.8 Å². The predicted octanol–water partition coefficient (Wildman–Crippen LogP) is 4.21. The lowest BCUT2D eigenvalue weighted by Crippen LogP contribution is -2.13. The molecule has 0 fully saturated rings. The Morgan fingerprint density at radius 1 is 1.21 bits per heavy atom. The number of aromatic nitrogens is 2. The SMILES string of the molecule is CCCCSc1cc(C(F)(F)F)nc(NCCC)n1. The van der Waals surface area contributed by atoms with Gasteiger partial charge in [0.2, 0.25) is 5.95 Å². The molecule has 7 heteroatoms. The zero-order valence-corrected chi connectivity index (χ0v) is 11.9. The van der Waals surface area contributed by atoms with Crippen molar-refractivity contribution in [3.8, 4) is 0 Å². The quantitative estimate of drug-likeness (QED) is 0.464. The first kappa shape index (κ1) is 16.1. The van der Waals surface area contributed by atoms with E-state index in [-0.39, 0.29) is 5.95 Å². The molecular formula is C12H18F3N3S. The van der Waals surface area contributed by atoms with Crippen molar-refractivity contribution in [2.24, 2.45) is 0 Å². The fourth-order valence-corrected chi connectivity index (χ4v) is 2.27. The van der Waals surface area contributed by atoms with Gasteiger partial charge in [-0.15, -0.1) is 11.8 Å². The van der Waals surface area contributed by atoms with Gasteiger partial charge in [-0.1, -0.05) is 20.3 Å². The summed E-state index contributed by atoms with van der Waals surface area (Å²) < 4.78 is 38.2. The van der Waals surface area contributed by atoms with Gasteiger partial charge in [-0.05, 0) is 18.6 Å². The molecule has 0 spiro atoms. The largest absolute Gasteiger partial charge is 0.433 e. The molecule has 0 amide bonds. The first-order valence-electron chi connectivity index (χ1n) is 6.30. The molecule has 1 aromatic heterocycles. The number of nitrogens with one attached hydrogen (secondary N) is 1. The second kappa shape index (κ2) is 7.57. The van der Waals surface area contributed by atoms with Crippen molar-refractivity contribution >= 4 is 17.7 Å². The van der Waals surface area contributed by atoms with E-state index in [9.17, 15) is 13.2 Å². The minimum Gasteiger partial charge on any atom is -0.354 e. The highest BCUT2D eigenvalue weighted by Crippen LogP contribution is 2.31. The van der Waals surface area contributed by atoms with Crippen LogP contribution in [0, 0.1) is 0 Å². The highest BCUT2D eigenvalue weighted by molar-refractivity contribution is 7.99. The van der Waals surface area contributed by atoms with E-state index in [0.29, 0.717) is 11.6 Å². The average molecular weight is 293 g/mol. The molecule has 1 N–H and O–H groups in total. The van der Waals surface area contributed by atoms with E-state index in [0.717, 1.165) is 31.1 Å². The van der Waals surface area contributed by atoms with E-state index in [2.05, 4.69) is 15.3 Å². The maximum absolute atomic E-state index is 12.7. The molecule has 0 unspecified atom stereocenters. The molecule has 0 aliphatic heterocycles. The molecule has 0 radical (unpaired) electrons. The van der Waals surface area contributed by atoms with Crippen molar-refractivity contribution < 1.29 is 13.2 Å². The molecule has 1 rings (SSSR count). The van der Waals surface area contributed by atoms with Gasteiger partial charge < -0.3 is 5.32 Å². The molecular weight excluding hydrogens is 275 g/mol. The van der Waals surface area contributed by atoms with Gasteiger partial charge in [0.1, 0.15) is 5.03 Å². The van der Waals surface area contributed by atoms with Gasteiger partial charge in [0.05, 0.1) is 0 Å². The Bertz CT molecular complexity index is 396. The molecule has 0 aliphatic carbocycles. The van der Waals surface area contributed by atoms with Gasteiger partial charge >= 0.3 is 6.18 Å². The van der Waals surface area contributed by atoms with Crippen LogP contribution in [-0.2, 0) is 6.18 Å². The van der Waals surface area contributed by atoms with Crippen molar-refractivity contribution in [3.05, 3.63) is 11.8 Å². The summed E-state index contributed by atoms with van der Waals surface area (Å²) in [6, 6.07) is 1.01. The third kappa shape index (κ3) is 5.67. The molecule has 19 heavy (non-hydrogen) atoms. The van der Waals surface area contributed by atoms with Crippen molar-refractivity contribution in [1.82, 2.24) is 9.97 Å². The van der Waals surface area contributed by atoms with Gasteiger partial charge in [0, 0.05) is 12.6 Å². The molecule has 0 saturated heterocycles. The Hall–Kier alpha value is -0.980. The van der Waals surface area contributed by atoms with Crippen LogP contribution >= 0.6 is 11.8 Å². The number of hydrogen-bond acceptors (Lipinski definition) is 4. The predicted molar refractivity (Wildman–Crippen MR) is 71.4 cm³/mol. The van der Waals surface area contributed by atoms with E-state index in [4.69, 9.17) is 0 Å². The minimum atomic E-state index is -4.44. The molecule has 3 nitrogen and oxygen atoms in total. The average Bonchev–Trinajstić information content (AvgIpc) is 2.35. The third-order valence-electron chi connectivity index (χ3n) is 2.27. The van der Waals surface area contributed by atoms with Crippen molar-refractivity contribution in [2.45, 2.75) is 44.3 Å². The monoisotopic (exact) mass is 293 g/mol. The summed E-state index contributed by atoms with van der Waals surface area (Å²) in [7, 11) is 0. The fourth-order valence-electron chi connectivity index (χ4n) is 1.28. The zero-order chi connectivity index (χ0) is 14.3. The van der Waals surface area contributed by atoms with Crippen LogP contribution in [0.2, 0.25) is 0 Å². The molecule has 0 atom stereocenters. The second-order valence-electron chi connectivity index (χ2n) is 4.04.